The van der Waals surface area contributed by atoms with E-state index in [1.165, 1.54) is 10.8 Å². The Morgan fingerprint density at radius 2 is 2.09 bits per heavy atom. The van der Waals surface area contributed by atoms with Gasteiger partial charge in [0, 0.05) is 18.0 Å². The van der Waals surface area contributed by atoms with Crippen molar-refractivity contribution in [3.8, 4) is 23.0 Å². The highest BCUT2D eigenvalue weighted by Gasteiger charge is 2.20. The fraction of sp³-hybridized carbons (Fsp3) is 0.188. The molecule has 0 aliphatic heterocycles. The van der Waals surface area contributed by atoms with Gasteiger partial charge in [0.2, 0.25) is 5.89 Å². The van der Waals surface area contributed by atoms with Crippen molar-refractivity contribution in [2.24, 2.45) is 0 Å². The highest BCUT2D eigenvalue weighted by molar-refractivity contribution is 5.76. The zero-order valence-corrected chi connectivity index (χ0v) is 12.3. The summed E-state index contributed by atoms with van der Waals surface area (Å²) in [6.07, 6.45) is 2.59. The molecule has 0 saturated carbocycles. The van der Waals surface area contributed by atoms with Crippen LogP contribution in [0.4, 0.5) is 4.79 Å². The Morgan fingerprint density at radius 1 is 1.32 bits per heavy atom. The van der Waals surface area contributed by atoms with Gasteiger partial charge in [-0.15, -0.1) is 0 Å². The second-order valence-corrected chi connectivity index (χ2v) is 4.61. The number of aromatic nitrogens is 3. The second-order valence-electron chi connectivity index (χ2n) is 4.61. The van der Waals surface area contributed by atoms with Crippen LogP contribution in [0.3, 0.4) is 0 Å². The minimum absolute atomic E-state index is 0.295. The molecular formula is C16H15N3O3. The Bertz CT molecular complexity index is 790. The first kappa shape index (κ1) is 14.1. The molecule has 1 aromatic carbocycles. The Balaban J connectivity index is 2.02. The first-order valence-corrected chi connectivity index (χ1v) is 6.94. The molecule has 0 fully saturated rings. The van der Waals surface area contributed by atoms with E-state index < -0.39 is 6.09 Å². The van der Waals surface area contributed by atoms with Gasteiger partial charge in [-0.3, -0.25) is 0 Å². The SMILES string of the molecule is CCOC(=O)n1ccnc1-c1nc(-c2ccccc2)oc1C. The van der Waals surface area contributed by atoms with E-state index in [1.807, 2.05) is 30.3 Å². The molecule has 0 atom stereocenters. The Kier molecular flexibility index (Phi) is 3.74. The van der Waals surface area contributed by atoms with Crippen molar-refractivity contribution in [2.45, 2.75) is 13.8 Å². The van der Waals surface area contributed by atoms with Crippen LogP contribution in [0.15, 0.2) is 47.1 Å². The number of benzene rings is 1. The van der Waals surface area contributed by atoms with E-state index in [-0.39, 0.29) is 0 Å². The number of carbonyl (C=O) groups is 1. The first-order chi connectivity index (χ1) is 10.7. The highest BCUT2D eigenvalue weighted by atomic mass is 16.5. The zero-order chi connectivity index (χ0) is 15.5. The summed E-state index contributed by atoms with van der Waals surface area (Å²) >= 11 is 0. The monoisotopic (exact) mass is 297 g/mol. The summed E-state index contributed by atoms with van der Waals surface area (Å²) < 4.78 is 12.0. The number of carbonyl (C=O) groups excluding carboxylic acids is 1. The van der Waals surface area contributed by atoms with Gasteiger partial charge in [0.15, 0.2) is 5.82 Å². The van der Waals surface area contributed by atoms with Gasteiger partial charge in [-0.2, -0.15) is 0 Å². The van der Waals surface area contributed by atoms with Gasteiger partial charge < -0.3 is 9.15 Å². The standard InChI is InChI=1S/C16H15N3O3/c1-3-21-16(20)19-10-9-17-14(19)13-11(2)22-15(18-13)12-7-5-4-6-8-12/h4-10H,3H2,1-2H3. The maximum absolute atomic E-state index is 11.9. The topological polar surface area (TPSA) is 70.2 Å². The molecule has 3 rings (SSSR count). The van der Waals surface area contributed by atoms with Crippen molar-refractivity contribution in [1.82, 2.24) is 14.5 Å². The molecule has 22 heavy (non-hydrogen) atoms. The molecule has 0 amide bonds. The smallest absolute Gasteiger partial charge is 0.419 e. The molecule has 6 heteroatoms. The summed E-state index contributed by atoms with van der Waals surface area (Å²) in [5.74, 6) is 1.49. The van der Waals surface area contributed by atoms with Crippen LogP contribution in [0.1, 0.15) is 12.7 Å². The van der Waals surface area contributed by atoms with Crippen LogP contribution >= 0.6 is 0 Å². The average Bonchev–Trinajstić information content (AvgIpc) is 3.14. The molecule has 2 heterocycles. The van der Waals surface area contributed by atoms with Gasteiger partial charge in [-0.25, -0.2) is 19.3 Å². The van der Waals surface area contributed by atoms with Crippen molar-refractivity contribution >= 4 is 6.09 Å². The average molecular weight is 297 g/mol. The molecule has 6 nitrogen and oxygen atoms in total. The third-order valence-corrected chi connectivity index (χ3v) is 3.13. The summed E-state index contributed by atoms with van der Waals surface area (Å²) in [4.78, 5) is 20.6. The largest absolute Gasteiger partial charge is 0.449 e. The molecule has 0 radical (unpaired) electrons. The Labute approximate surface area is 127 Å². The molecule has 0 saturated heterocycles. The fourth-order valence-corrected chi connectivity index (χ4v) is 2.13. The molecule has 3 aromatic rings. The van der Waals surface area contributed by atoms with Crippen molar-refractivity contribution < 1.29 is 13.9 Å². The predicted molar refractivity (Wildman–Crippen MR) is 80.3 cm³/mol. The summed E-state index contributed by atoms with van der Waals surface area (Å²) in [7, 11) is 0. The first-order valence-electron chi connectivity index (χ1n) is 6.94. The number of aryl methyl sites for hydroxylation is 1. The highest BCUT2D eigenvalue weighted by Crippen LogP contribution is 2.27. The normalized spacial score (nSPS) is 10.6. The molecule has 0 N–H and O–H groups in total. The van der Waals surface area contributed by atoms with Crippen LogP contribution in [0, 0.1) is 6.92 Å². The molecule has 0 aliphatic rings. The maximum atomic E-state index is 11.9. The molecular weight excluding hydrogens is 282 g/mol. The number of hydrogen-bond acceptors (Lipinski definition) is 5. The molecule has 0 bridgehead atoms. The van der Waals surface area contributed by atoms with E-state index >= 15 is 0 Å². The number of ether oxygens (including phenoxy) is 1. The molecule has 2 aromatic heterocycles. The predicted octanol–water partition coefficient (Wildman–Crippen LogP) is 3.52. The van der Waals surface area contributed by atoms with Crippen LogP contribution in [0.2, 0.25) is 0 Å². The minimum atomic E-state index is -0.487. The third-order valence-electron chi connectivity index (χ3n) is 3.13. The van der Waals surface area contributed by atoms with Crippen LogP contribution < -0.4 is 0 Å². The molecule has 0 spiro atoms. The van der Waals surface area contributed by atoms with Crippen molar-refractivity contribution in [3.63, 3.8) is 0 Å². The number of nitrogens with zero attached hydrogens (tertiary/aromatic N) is 3. The number of oxazole rings is 1. The summed E-state index contributed by atoms with van der Waals surface area (Å²) in [5, 5.41) is 0. The number of imidazole rings is 1. The maximum Gasteiger partial charge on any atom is 0.419 e. The number of hydrogen-bond donors (Lipinski definition) is 0. The van der Waals surface area contributed by atoms with Crippen LogP contribution in [0.25, 0.3) is 23.0 Å². The van der Waals surface area contributed by atoms with Crippen LogP contribution in [0.5, 0.6) is 0 Å². The van der Waals surface area contributed by atoms with Crippen molar-refractivity contribution in [3.05, 3.63) is 48.5 Å². The Morgan fingerprint density at radius 3 is 2.82 bits per heavy atom. The lowest BCUT2D eigenvalue weighted by Crippen LogP contribution is -2.14. The van der Waals surface area contributed by atoms with Crippen LogP contribution in [-0.4, -0.2) is 27.2 Å². The van der Waals surface area contributed by atoms with Crippen LogP contribution in [-0.2, 0) is 4.74 Å². The van der Waals surface area contributed by atoms with E-state index in [0.717, 1.165) is 5.56 Å². The lowest BCUT2D eigenvalue weighted by molar-refractivity contribution is 0.154. The quantitative estimate of drug-likeness (QED) is 0.739. The lowest BCUT2D eigenvalue weighted by Gasteiger charge is -2.04. The van der Waals surface area contributed by atoms with Gasteiger partial charge in [0.25, 0.3) is 0 Å². The summed E-state index contributed by atoms with van der Waals surface area (Å²) in [6, 6.07) is 9.57. The van der Waals surface area contributed by atoms with E-state index in [1.54, 1.807) is 20.0 Å². The fourth-order valence-electron chi connectivity index (χ4n) is 2.13. The van der Waals surface area contributed by atoms with Gasteiger partial charge in [-0.1, -0.05) is 18.2 Å². The van der Waals surface area contributed by atoms with Gasteiger partial charge in [0.1, 0.15) is 11.5 Å². The van der Waals surface area contributed by atoms with Crippen molar-refractivity contribution in [1.29, 1.82) is 0 Å². The summed E-state index contributed by atoms with van der Waals surface area (Å²) in [5.41, 5.74) is 1.39. The molecule has 0 unspecified atom stereocenters. The van der Waals surface area contributed by atoms with E-state index in [9.17, 15) is 4.79 Å². The summed E-state index contributed by atoms with van der Waals surface area (Å²) in [6.45, 7) is 3.84. The molecule has 112 valence electrons. The number of rotatable bonds is 3. The van der Waals surface area contributed by atoms with E-state index in [0.29, 0.717) is 29.8 Å². The van der Waals surface area contributed by atoms with E-state index in [4.69, 9.17) is 9.15 Å². The zero-order valence-electron chi connectivity index (χ0n) is 12.3. The third kappa shape index (κ3) is 2.50. The van der Waals surface area contributed by atoms with Crippen molar-refractivity contribution in [2.75, 3.05) is 6.61 Å². The van der Waals surface area contributed by atoms with Gasteiger partial charge in [0.05, 0.1) is 6.61 Å². The second kappa shape index (κ2) is 5.85. The van der Waals surface area contributed by atoms with Gasteiger partial charge in [-0.05, 0) is 26.0 Å². The molecule has 0 aliphatic carbocycles. The van der Waals surface area contributed by atoms with Gasteiger partial charge >= 0.3 is 6.09 Å². The Hall–Kier alpha value is -2.89. The minimum Gasteiger partial charge on any atom is -0.449 e. The van der Waals surface area contributed by atoms with E-state index in [2.05, 4.69) is 9.97 Å². The lowest BCUT2D eigenvalue weighted by atomic mass is 10.2.